The molecule has 3 aromatic rings. The number of ether oxygens (including phenoxy) is 2. The van der Waals surface area contributed by atoms with E-state index < -0.39 is 17.6 Å². The van der Waals surface area contributed by atoms with E-state index in [0.29, 0.717) is 35.6 Å². The fourth-order valence-electron chi connectivity index (χ4n) is 4.23. The zero-order valence-corrected chi connectivity index (χ0v) is 19.3. The van der Waals surface area contributed by atoms with Crippen LogP contribution in [0.4, 0.5) is 5.69 Å². The van der Waals surface area contributed by atoms with E-state index in [1.54, 1.807) is 18.2 Å². The maximum absolute atomic E-state index is 12.3. The Labute approximate surface area is 199 Å². The summed E-state index contributed by atoms with van der Waals surface area (Å²) < 4.78 is 11.2. The molecule has 0 bridgehead atoms. The summed E-state index contributed by atoms with van der Waals surface area (Å²) in [6, 6.07) is 20.6. The van der Waals surface area contributed by atoms with Gasteiger partial charge in [-0.15, -0.1) is 0 Å². The van der Waals surface area contributed by atoms with Crippen molar-refractivity contribution in [3.05, 3.63) is 89.0 Å². The van der Waals surface area contributed by atoms with Crippen LogP contribution >= 0.6 is 0 Å². The molecular weight excluding hydrogens is 434 g/mol. The van der Waals surface area contributed by atoms with E-state index in [9.17, 15) is 15.0 Å². The second-order valence-electron chi connectivity index (χ2n) is 8.23. The summed E-state index contributed by atoms with van der Waals surface area (Å²) in [6.45, 7) is 4.01. The standard InChI is InChI=1S/C26H27NO5.CH2O/c1-17-6-5-9-21(12-17)32-16-23(28)22-13-20(10-11-24(22)31-2)27-26(25(29)30)14-18-7-3-4-8-19(18)15-26;1-2/h3-13,23,27-28H,14-16H2,1-2H3,(H,29,30);1H2. The number of aliphatic carboxylic acids is 1. The average molecular weight is 464 g/mol. The first kappa shape index (κ1) is 24.8. The summed E-state index contributed by atoms with van der Waals surface area (Å²) in [5.41, 5.74) is 3.12. The summed E-state index contributed by atoms with van der Waals surface area (Å²) in [5, 5.41) is 24.1. The number of carboxylic acid groups (broad SMARTS) is 1. The SMILES string of the molecule is C=O.COc1ccc(NC2(C(=O)O)Cc3ccccc3C2)cc1C(O)COc1cccc(C)c1. The van der Waals surface area contributed by atoms with E-state index >= 15 is 0 Å². The summed E-state index contributed by atoms with van der Waals surface area (Å²) in [5.74, 6) is 0.273. The number of aliphatic hydroxyl groups excluding tert-OH is 1. The Morgan fingerprint density at radius 2 is 1.74 bits per heavy atom. The maximum Gasteiger partial charge on any atom is 0.330 e. The molecule has 7 heteroatoms. The van der Waals surface area contributed by atoms with Crippen molar-refractivity contribution in [3.8, 4) is 11.5 Å². The van der Waals surface area contributed by atoms with Crippen molar-refractivity contribution in [2.45, 2.75) is 31.4 Å². The van der Waals surface area contributed by atoms with Gasteiger partial charge in [-0.2, -0.15) is 0 Å². The number of aryl methyl sites for hydroxylation is 1. The number of hydrogen-bond acceptors (Lipinski definition) is 6. The van der Waals surface area contributed by atoms with Crippen LogP contribution in [0, 0.1) is 6.92 Å². The molecule has 3 aromatic carbocycles. The molecule has 0 heterocycles. The Bertz CT molecular complexity index is 1120. The molecular formula is C27H29NO6. The topological polar surface area (TPSA) is 105 Å². The highest BCUT2D eigenvalue weighted by Gasteiger charge is 2.44. The van der Waals surface area contributed by atoms with Gasteiger partial charge in [0, 0.05) is 24.1 Å². The van der Waals surface area contributed by atoms with Gasteiger partial charge in [0.2, 0.25) is 0 Å². The lowest BCUT2D eigenvalue weighted by Gasteiger charge is -2.27. The summed E-state index contributed by atoms with van der Waals surface area (Å²) in [7, 11) is 1.53. The monoisotopic (exact) mass is 463 g/mol. The molecule has 1 aliphatic rings. The Kier molecular flexibility index (Phi) is 7.91. The molecule has 0 spiro atoms. The molecule has 0 amide bonds. The average Bonchev–Trinajstić information content (AvgIpc) is 3.23. The fraction of sp³-hybridized carbons (Fsp3) is 0.259. The molecule has 3 N–H and O–H groups in total. The lowest BCUT2D eigenvalue weighted by molar-refractivity contribution is -0.142. The van der Waals surface area contributed by atoms with Gasteiger partial charge in [0.05, 0.1) is 7.11 Å². The van der Waals surface area contributed by atoms with E-state index in [-0.39, 0.29) is 6.61 Å². The molecule has 0 aliphatic heterocycles. The van der Waals surface area contributed by atoms with Crippen molar-refractivity contribution in [1.82, 2.24) is 0 Å². The van der Waals surface area contributed by atoms with Gasteiger partial charge in [-0.3, -0.25) is 0 Å². The molecule has 34 heavy (non-hydrogen) atoms. The number of rotatable bonds is 8. The number of carbonyl (C=O) groups excluding carboxylic acids is 1. The first-order chi connectivity index (χ1) is 16.4. The number of aliphatic hydroxyl groups is 1. The summed E-state index contributed by atoms with van der Waals surface area (Å²) in [6.07, 6.45) is -0.175. The zero-order valence-electron chi connectivity index (χ0n) is 19.3. The summed E-state index contributed by atoms with van der Waals surface area (Å²) in [4.78, 5) is 20.3. The van der Waals surface area contributed by atoms with Gasteiger partial charge in [0.15, 0.2) is 0 Å². The van der Waals surface area contributed by atoms with E-state index in [2.05, 4.69) is 5.32 Å². The lowest BCUT2D eigenvalue weighted by atomic mass is 9.95. The van der Waals surface area contributed by atoms with Gasteiger partial charge in [-0.05, 0) is 53.9 Å². The Morgan fingerprint density at radius 1 is 1.06 bits per heavy atom. The van der Waals surface area contributed by atoms with Crippen LogP contribution in [0.25, 0.3) is 0 Å². The zero-order chi connectivity index (χ0) is 24.7. The van der Waals surface area contributed by atoms with Gasteiger partial charge in [-0.25, -0.2) is 4.79 Å². The second-order valence-corrected chi connectivity index (χ2v) is 8.23. The predicted octanol–water partition coefficient (Wildman–Crippen LogP) is 3.97. The number of carboxylic acids is 1. The first-order valence-electron chi connectivity index (χ1n) is 10.8. The van der Waals surface area contributed by atoms with Crippen molar-refractivity contribution in [3.63, 3.8) is 0 Å². The Balaban J connectivity index is 0.00000158. The molecule has 7 nitrogen and oxygen atoms in total. The maximum atomic E-state index is 12.3. The van der Waals surface area contributed by atoms with Crippen molar-refractivity contribution in [1.29, 1.82) is 0 Å². The number of carbonyl (C=O) groups is 2. The van der Waals surface area contributed by atoms with Gasteiger partial charge in [0.25, 0.3) is 0 Å². The fourth-order valence-corrected chi connectivity index (χ4v) is 4.23. The quantitative estimate of drug-likeness (QED) is 0.464. The predicted molar refractivity (Wildman–Crippen MR) is 130 cm³/mol. The van der Waals surface area contributed by atoms with Crippen LogP contribution in [0.15, 0.2) is 66.7 Å². The molecule has 1 aliphatic carbocycles. The van der Waals surface area contributed by atoms with Crippen LogP contribution < -0.4 is 14.8 Å². The molecule has 4 rings (SSSR count). The summed E-state index contributed by atoms with van der Waals surface area (Å²) >= 11 is 0. The number of hydrogen-bond donors (Lipinski definition) is 3. The molecule has 178 valence electrons. The van der Waals surface area contributed by atoms with Crippen LogP contribution in [0.3, 0.4) is 0 Å². The minimum absolute atomic E-state index is 0.0405. The number of anilines is 1. The number of nitrogens with one attached hydrogen (secondary N) is 1. The first-order valence-corrected chi connectivity index (χ1v) is 10.8. The normalized spacial score (nSPS) is 14.2. The van der Waals surface area contributed by atoms with E-state index in [0.717, 1.165) is 16.7 Å². The number of benzene rings is 3. The number of methoxy groups -OCH3 is 1. The number of fused-ring (bicyclic) bond motifs is 1. The minimum atomic E-state index is -1.14. The lowest BCUT2D eigenvalue weighted by Crippen LogP contribution is -2.47. The van der Waals surface area contributed by atoms with Crippen LogP contribution in [-0.4, -0.2) is 42.2 Å². The van der Waals surface area contributed by atoms with Crippen molar-refractivity contribution in [2.75, 3.05) is 19.0 Å². The van der Waals surface area contributed by atoms with Gasteiger partial charge < -0.3 is 29.8 Å². The van der Waals surface area contributed by atoms with Gasteiger partial charge in [-0.1, -0.05) is 36.4 Å². The molecule has 0 radical (unpaired) electrons. The molecule has 1 unspecified atom stereocenters. The molecule has 0 aromatic heterocycles. The highest BCUT2D eigenvalue weighted by molar-refractivity contribution is 5.85. The van der Waals surface area contributed by atoms with Gasteiger partial charge in [0.1, 0.15) is 36.5 Å². The third-order valence-electron chi connectivity index (χ3n) is 5.88. The van der Waals surface area contributed by atoms with Crippen LogP contribution in [0.5, 0.6) is 11.5 Å². The highest BCUT2D eigenvalue weighted by atomic mass is 16.5. The van der Waals surface area contributed by atoms with Crippen LogP contribution in [0.1, 0.15) is 28.4 Å². The third kappa shape index (κ3) is 5.38. The third-order valence-corrected chi connectivity index (χ3v) is 5.88. The molecule has 0 saturated heterocycles. The second kappa shape index (κ2) is 10.9. The van der Waals surface area contributed by atoms with Gasteiger partial charge >= 0.3 is 5.97 Å². The highest BCUT2D eigenvalue weighted by Crippen LogP contribution is 2.35. The van der Waals surface area contributed by atoms with Crippen molar-refractivity contribution >= 4 is 18.4 Å². The van der Waals surface area contributed by atoms with E-state index in [4.69, 9.17) is 14.3 Å². The Morgan fingerprint density at radius 3 is 2.32 bits per heavy atom. The van der Waals surface area contributed by atoms with Crippen LogP contribution in [0.2, 0.25) is 0 Å². The molecule has 0 fully saturated rings. The van der Waals surface area contributed by atoms with Crippen molar-refractivity contribution in [2.24, 2.45) is 0 Å². The van der Waals surface area contributed by atoms with Crippen LogP contribution in [-0.2, 0) is 22.4 Å². The van der Waals surface area contributed by atoms with Crippen molar-refractivity contribution < 1.29 is 29.3 Å². The Hall–Kier alpha value is -3.84. The smallest absolute Gasteiger partial charge is 0.330 e. The molecule has 0 saturated carbocycles. The minimum Gasteiger partial charge on any atom is -0.496 e. The largest absolute Gasteiger partial charge is 0.496 e. The molecule has 1 atom stereocenters. The van der Waals surface area contributed by atoms with E-state index in [1.807, 2.05) is 62.2 Å². The van der Waals surface area contributed by atoms with E-state index in [1.165, 1.54) is 7.11 Å².